The first-order valence-corrected chi connectivity index (χ1v) is 7.91. The van der Waals surface area contributed by atoms with E-state index in [4.69, 9.17) is 0 Å². The van der Waals surface area contributed by atoms with Gasteiger partial charge in [-0.05, 0) is 36.4 Å². The molecule has 0 saturated heterocycles. The second-order valence-corrected chi connectivity index (χ2v) is 5.55. The fraction of sp³-hybridized carbons (Fsp3) is 0. The fourth-order valence-corrected chi connectivity index (χ4v) is 2.87. The van der Waals surface area contributed by atoms with Gasteiger partial charge in [0, 0.05) is 0 Å². The average Bonchev–Trinajstić information content (AvgIpc) is 2.94. The standard InChI is InChI=1S/C20H15N3O2/c24-19-18(21-14-8-3-9-15-21)22(16-10-4-1-5-11-16)20(25)23(19)17-12-6-2-7-13-17/h1-15H/p+1. The molecule has 0 radical (unpaired) electrons. The minimum absolute atomic E-state index is 0.115. The molecule has 0 saturated carbocycles. The van der Waals surface area contributed by atoms with E-state index in [1.807, 2.05) is 66.7 Å². The molecule has 0 bridgehead atoms. The van der Waals surface area contributed by atoms with Crippen LogP contribution in [0.3, 0.4) is 0 Å². The van der Waals surface area contributed by atoms with Crippen molar-refractivity contribution in [2.45, 2.75) is 0 Å². The van der Waals surface area contributed by atoms with Crippen molar-refractivity contribution in [2.24, 2.45) is 0 Å². The Hall–Kier alpha value is -3.60. The molecule has 2 aromatic heterocycles. The zero-order chi connectivity index (χ0) is 17.2. The molecule has 0 fully saturated rings. The Bertz CT molecular complexity index is 1050. The highest BCUT2D eigenvalue weighted by Gasteiger charge is 2.30. The topological polar surface area (TPSA) is 51.0 Å². The number of aromatic nitrogens is 3. The number of imidazole rings is 1. The van der Waals surface area contributed by atoms with Crippen LogP contribution in [0.2, 0.25) is 0 Å². The SMILES string of the molecule is O=c1n(-c2ccccc2)c(O)c(-[n+]2ccccc2)n1-c1ccccc1. The van der Waals surface area contributed by atoms with Crippen LogP contribution in [0.1, 0.15) is 0 Å². The summed E-state index contributed by atoms with van der Waals surface area (Å²) < 4.78 is 4.54. The van der Waals surface area contributed by atoms with Crippen molar-refractivity contribution in [1.82, 2.24) is 9.13 Å². The summed E-state index contributed by atoms with van der Waals surface area (Å²) in [5, 5.41) is 10.9. The second kappa shape index (κ2) is 6.13. The van der Waals surface area contributed by atoms with E-state index >= 15 is 0 Å². The summed E-state index contributed by atoms with van der Waals surface area (Å²) in [7, 11) is 0. The molecule has 5 heteroatoms. The Kier molecular flexibility index (Phi) is 3.67. The lowest BCUT2D eigenvalue weighted by atomic mass is 10.3. The summed E-state index contributed by atoms with van der Waals surface area (Å²) in [5.41, 5.74) is 0.961. The van der Waals surface area contributed by atoms with E-state index < -0.39 is 0 Å². The maximum absolute atomic E-state index is 13.1. The maximum atomic E-state index is 13.1. The van der Waals surface area contributed by atoms with Crippen LogP contribution >= 0.6 is 0 Å². The molecule has 2 aromatic carbocycles. The van der Waals surface area contributed by atoms with Gasteiger partial charge < -0.3 is 5.11 Å². The van der Waals surface area contributed by atoms with Gasteiger partial charge in [-0.1, -0.05) is 42.5 Å². The molecule has 0 unspecified atom stereocenters. The lowest BCUT2D eigenvalue weighted by Gasteiger charge is -2.01. The first-order valence-electron chi connectivity index (χ1n) is 7.91. The van der Waals surface area contributed by atoms with Crippen LogP contribution < -0.4 is 10.3 Å². The second-order valence-electron chi connectivity index (χ2n) is 5.55. The molecule has 2 heterocycles. The van der Waals surface area contributed by atoms with Crippen LogP contribution in [0.4, 0.5) is 0 Å². The first kappa shape index (κ1) is 15.0. The normalized spacial score (nSPS) is 10.7. The molecule has 0 aliphatic rings. The zero-order valence-electron chi connectivity index (χ0n) is 13.4. The smallest absolute Gasteiger partial charge is 0.428 e. The average molecular weight is 330 g/mol. The fourth-order valence-electron chi connectivity index (χ4n) is 2.87. The zero-order valence-corrected chi connectivity index (χ0v) is 13.4. The molecule has 0 aliphatic carbocycles. The van der Waals surface area contributed by atoms with Gasteiger partial charge in [-0.3, -0.25) is 0 Å². The lowest BCUT2D eigenvalue weighted by Crippen LogP contribution is -2.34. The lowest BCUT2D eigenvalue weighted by molar-refractivity contribution is -0.601. The summed E-state index contributed by atoms with van der Waals surface area (Å²) in [5.74, 6) is 0.275. The third-order valence-corrected chi connectivity index (χ3v) is 4.00. The number of benzene rings is 2. The Morgan fingerprint density at radius 2 is 1.16 bits per heavy atom. The van der Waals surface area contributed by atoms with Crippen molar-refractivity contribution < 1.29 is 9.67 Å². The predicted molar refractivity (Wildman–Crippen MR) is 94.6 cm³/mol. The molecule has 1 N–H and O–H groups in total. The monoisotopic (exact) mass is 330 g/mol. The van der Waals surface area contributed by atoms with Gasteiger partial charge in [-0.15, -0.1) is 4.57 Å². The number of nitrogens with zero attached hydrogens (tertiary/aromatic N) is 3. The minimum Gasteiger partial charge on any atom is -0.488 e. The summed E-state index contributed by atoms with van der Waals surface area (Å²) in [4.78, 5) is 13.1. The number of hydrogen-bond acceptors (Lipinski definition) is 2. The highest BCUT2D eigenvalue weighted by atomic mass is 16.3. The number of rotatable bonds is 3. The number of hydrogen-bond donors (Lipinski definition) is 1. The van der Waals surface area contributed by atoms with Gasteiger partial charge in [-0.25, -0.2) is 13.9 Å². The van der Waals surface area contributed by atoms with E-state index in [1.165, 1.54) is 9.13 Å². The van der Waals surface area contributed by atoms with Crippen LogP contribution in [-0.4, -0.2) is 14.2 Å². The Morgan fingerprint density at radius 1 is 0.680 bits per heavy atom. The van der Waals surface area contributed by atoms with E-state index in [9.17, 15) is 9.90 Å². The van der Waals surface area contributed by atoms with Crippen LogP contribution in [0.15, 0.2) is 96.1 Å². The van der Waals surface area contributed by atoms with E-state index in [2.05, 4.69) is 0 Å². The van der Waals surface area contributed by atoms with Crippen molar-refractivity contribution in [1.29, 1.82) is 0 Å². The van der Waals surface area contributed by atoms with E-state index in [0.717, 1.165) is 0 Å². The van der Waals surface area contributed by atoms with Crippen molar-refractivity contribution in [3.63, 3.8) is 0 Å². The van der Waals surface area contributed by atoms with Gasteiger partial charge >= 0.3 is 11.5 Å². The van der Waals surface area contributed by atoms with Crippen LogP contribution in [0, 0.1) is 0 Å². The van der Waals surface area contributed by atoms with Gasteiger partial charge in [0.2, 0.25) is 0 Å². The molecule has 0 atom stereocenters. The number of aromatic hydroxyl groups is 1. The van der Waals surface area contributed by atoms with E-state index in [-0.39, 0.29) is 11.6 Å². The molecule has 4 aromatic rings. The Balaban J connectivity index is 2.08. The number of para-hydroxylation sites is 2. The minimum atomic E-state index is -0.332. The first-order chi connectivity index (χ1) is 12.3. The molecule has 0 amide bonds. The van der Waals surface area contributed by atoms with Gasteiger partial charge in [0.05, 0.1) is 18.1 Å². The van der Waals surface area contributed by atoms with Crippen LogP contribution in [-0.2, 0) is 0 Å². The van der Waals surface area contributed by atoms with Crippen LogP contribution in [0.5, 0.6) is 5.88 Å². The predicted octanol–water partition coefficient (Wildman–Crippen LogP) is 2.61. The molecule has 0 aliphatic heterocycles. The molecule has 5 nitrogen and oxygen atoms in total. The van der Waals surface area contributed by atoms with Gasteiger partial charge in [0.1, 0.15) is 5.69 Å². The van der Waals surface area contributed by atoms with Crippen molar-refractivity contribution in [3.8, 4) is 23.1 Å². The van der Waals surface area contributed by atoms with Crippen molar-refractivity contribution in [2.75, 3.05) is 0 Å². The summed E-state index contributed by atoms with van der Waals surface area (Å²) in [6, 6.07) is 24.0. The number of pyridine rings is 1. The van der Waals surface area contributed by atoms with Crippen molar-refractivity contribution in [3.05, 3.63) is 102 Å². The van der Waals surface area contributed by atoms with Crippen LogP contribution in [0.25, 0.3) is 17.2 Å². The Morgan fingerprint density at radius 3 is 1.72 bits per heavy atom. The summed E-state index contributed by atoms with van der Waals surface area (Å²) >= 11 is 0. The van der Waals surface area contributed by atoms with Crippen molar-refractivity contribution >= 4 is 0 Å². The molecule has 122 valence electrons. The molecular weight excluding hydrogens is 314 g/mol. The van der Waals surface area contributed by atoms with E-state index in [0.29, 0.717) is 17.2 Å². The maximum Gasteiger partial charge on any atom is 0.428 e. The van der Waals surface area contributed by atoms with Gasteiger partial charge in [-0.2, -0.15) is 0 Å². The largest absolute Gasteiger partial charge is 0.488 e. The van der Waals surface area contributed by atoms with Gasteiger partial charge in [0.25, 0.3) is 5.88 Å². The molecule has 25 heavy (non-hydrogen) atoms. The third kappa shape index (κ3) is 2.52. The highest BCUT2D eigenvalue weighted by molar-refractivity contribution is 5.46. The summed E-state index contributed by atoms with van der Waals surface area (Å²) in [6.07, 6.45) is 3.59. The Labute approximate surface area is 144 Å². The van der Waals surface area contributed by atoms with Gasteiger partial charge in [0.15, 0.2) is 0 Å². The summed E-state index contributed by atoms with van der Waals surface area (Å²) in [6.45, 7) is 0. The third-order valence-electron chi connectivity index (χ3n) is 4.00. The van der Waals surface area contributed by atoms with E-state index in [1.54, 1.807) is 29.1 Å². The molecular formula is C20H16N3O2+. The quantitative estimate of drug-likeness (QED) is 0.587. The molecule has 4 rings (SSSR count). The highest BCUT2D eigenvalue weighted by Crippen LogP contribution is 2.23. The molecule has 0 spiro atoms.